The van der Waals surface area contributed by atoms with Crippen molar-refractivity contribution in [2.24, 2.45) is 0 Å². The molecule has 5 nitrogen and oxygen atoms in total. The van der Waals surface area contributed by atoms with Crippen LogP contribution in [0, 0.1) is 0 Å². The highest BCUT2D eigenvalue weighted by molar-refractivity contribution is 7.80. The Morgan fingerprint density at radius 3 is 2.77 bits per heavy atom. The first-order valence-electron chi connectivity index (χ1n) is 8.54. The molecular formula is C20H19NO4S. The van der Waals surface area contributed by atoms with E-state index in [2.05, 4.69) is 5.32 Å². The Bertz CT molecular complexity index is 922. The average Bonchev–Trinajstić information content (AvgIpc) is 3.02. The lowest BCUT2D eigenvalue weighted by atomic mass is 9.86. The number of aryl methyl sites for hydroxylation is 1. The van der Waals surface area contributed by atoms with E-state index < -0.39 is 0 Å². The van der Waals surface area contributed by atoms with Crippen LogP contribution in [0.3, 0.4) is 0 Å². The molecule has 0 spiro atoms. The Morgan fingerprint density at radius 2 is 1.96 bits per heavy atom. The maximum atomic E-state index is 10.4. The Hall–Kier alpha value is -2.73. The molecule has 0 fully saturated rings. The topological polar surface area (TPSA) is 71.0 Å². The zero-order chi connectivity index (χ0) is 18.3. The molecule has 0 saturated heterocycles. The summed E-state index contributed by atoms with van der Waals surface area (Å²) in [6.45, 7) is 2.96. The molecule has 2 heterocycles. The van der Waals surface area contributed by atoms with Gasteiger partial charge in [0.15, 0.2) is 11.5 Å². The van der Waals surface area contributed by atoms with Crippen LogP contribution in [-0.4, -0.2) is 28.4 Å². The zero-order valence-corrected chi connectivity index (χ0v) is 15.1. The van der Waals surface area contributed by atoms with E-state index in [0.717, 1.165) is 16.7 Å². The van der Waals surface area contributed by atoms with Gasteiger partial charge in [0.25, 0.3) is 0 Å². The van der Waals surface area contributed by atoms with E-state index in [9.17, 15) is 10.2 Å². The summed E-state index contributed by atoms with van der Waals surface area (Å²) in [7, 11) is 0. The van der Waals surface area contributed by atoms with Crippen LogP contribution in [0.4, 0.5) is 0 Å². The van der Waals surface area contributed by atoms with Crippen molar-refractivity contribution in [2.45, 2.75) is 19.3 Å². The number of para-hydroxylation sites is 1. The number of hydrogen-bond acceptors (Lipinski definition) is 5. The third-order valence-corrected chi connectivity index (χ3v) is 5.09. The molecule has 6 heteroatoms. The summed E-state index contributed by atoms with van der Waals surface area (Å²) < 4.78 is 11.5. The standard InChI is InChI=1S/C20H19NO4S/c1-2-11-8-13(16(23)9-15(11)22)14-10-21-20(26)18(14)12-4-3-5-17-19(12)25-7-6-24-17/h3-5,8-10,18,22-23H,2,6-7H2,1H3,(H,21,26). The van der Waals surface area contributed by atoms with Crippen LogP contribution in [0.2, 0.25) is 0 Å². The quantitative estimate of drug-likeness (QED) is 0.720. The number of phenols is 2. The molecule has 0 bridgehead atoms. The number of nitrogens with one attached hydrogen (secondary N) is 1. The summed E-state index contributed by atoms with van der Waals surface area (Å²) in [4.78, 5) is 0.632. The number of thiocarbonyl (C=S) groups is 1. The summed E-state index contributed by atoms with van der Waals surface area (Å²) in [5.74, 6) is 1.24. The molecule has 3 N–H and O–H groups in total. The number of aromatic hydroxyl groups is 2. The van der Waals surface area contributed by atoms with Crippen LogP contribution < -0.4 is 14.8 Å². The third-order valence-electron chi connectivity index (χ3n) is 4.74. The second-order valence-corrected chi connectivity index (χ2v) is 6.70. The third kappa shape index (κ3) is 2.66. The Labute approximate surface area is 156 Å². The van der Waals surface area contributed by atoms with Gasteiger partial charge in [-0.2, -0.15) is 0 Å². The summed E-state index contributed by atoms with van der Waals surface area (Å²) in [5, 5.41) is 23.5. The van der Waals surface area contributed by atoms with Crippen LogP contribution in [0.25, 0.3) is 5.57 Å². The first-order valence-corrected chi connectivity index (χ1v) is 8.95. The van der Waals surface area contributed by atoms with E-state index >= 15 is 0 Å². The van der Waals surface area contributed by atoms with E-state index in [4.69, 9.17) is 21.7 Å². The largest absolute Gasteiger partial charge is 0.508 e. The normalized spacial score (nSPS) is 18.4. The van der Waals surface area contributed by atoms with E-state index in [-0.39, 0.29) is 17.4 Å². The lowest BCUT2D eigenvalue weighted by molar-refractivity contribution is 0.170. The van der Waals surface area contributed by atoms with Crippen molar-refractivity contribution in [1.82, 2.24) is 5.32 Å². The monoisotopic (exact) mass is 369 g/mol. The maximum Gasteiger partial charge on any atom is 0.165 e. The molecule has 26 heavy (non-hydrogen) atoms. The van der Waals surface area contributed by atoms with Gasteiger partial charge in [0.05, 0.1) is 10.9 Å². The highest BCUT2D eigenvalue weighted by Gasteiger charge is 2.33. The highest BCUT2D eigenvalue weighted by Crippen LogP contribution is 2.47. The van der Waals surface area contributed by atoms with E-state index in [0.29, 0.717) is 41.7 Å². The molecule has 0 saturated carbocycles. The van der Waals surface area contributed by atoms with Crippen molar-refractivity contribution in [3.8, 4) is 23.0 Å². The molecular weight excluding hydrogens is 350 g/mol. The summed E-state index contributed by atoms with van der Waals surface area (Å²) in [5.41, 5.74) is 3.15. The number of fused-ring (bicyclic) bond motifs is 1. The van der Waals surface area contributed by atoms with E-state index in [1.165, 1.54) is 6.07 Å². The minimum absolute atomic E-state index is 0.0180. The molecule has 4 rings (SSSR count). The molecule has 0 amide bonds. The molecule has 2 aromatic rings. The fourth-order valence-corrected chi connectivity index (χ4v) is 3.77. The van der Waals surface area contributed by atoms with Gasteiger partial charge in [-0.1, -0.05) is 31.3 Å². The van der Waals surface area contributed by atoms with Crippen LogP contribution in [0.15, 0.2) is 36.5 Å². The van der Waals surface area contributed by atoms with Gasteiger partial charge >= 0.3 is 0 Å². The fourth-order valence-electron chi connectivity index (χ4n) is 3.46. The van der Waals surface area contributed by atoms with Gasteiger partial charge in [-0.15, -0.1) is 0 Å². The van der Waals surface area contributed by atoms with Gasteiger partial charge in [0, 0.05) is 23.4 Å². The first-order chi connectivity index (χ1) is 12.6. The van der Waals surface area contributed by atoms with E-state index in [1.807, 2.05) is 37.4 Å². The Kier molecular flexibility index (Phi) is 4.20. The molecule has 0 aromatic heterocycles. The van der Waals surface area contributed by atoms with Gasteiger partial charge in [-0.05, 0) is 29.7 Å². The molecule has 1 atom stereocenters. The Balaban J connectivity index is 1.83. The van der Waals surface area contributed by atoms with Crippen LogP contribution >= 0.6 is 12.2 Å². The van der Waals surface area contributed by atoms with Crippen LogP contribution in [0.5, 0.6) is 23.0 Å². The number of phenolic OH excluding ortho intramolecular Hbond substituents is 2. The lowest BCUT2D eigenvalue weighted by Gasteiger charge is -2.25. The zero-order valence-electron chi connectivity index (χ0n) is 14.3. The number of rotatable bonds is 3. The van der Waals surface area contributed by atoms with E-state index in [1.54, 1.807) is 0 Å². The van der Waals surface area contributed by atoms with Crippen molar-refractivity contribution < 1.29 is 19.7 Å². The van der Waals surface area contributed by atoms with Gasteiger partial charge in [0.1, 0.15) is 24.7 Å². The molecule has 2 aromatic carbocycles. The average molecular weight is 369 g/mol. The fraction of sp³-hybridized carbons (Fsp3) is 0.250. The van der Waals surface area contributed by atoms with Gasteiger partial charge < -0.3 is 25.0 Å². The summed E-state index contributed by atoms with van der Waals surface area (Å²) in [6, 6.07) is 8.94. The van der Waals surface area contributed by atoms with Crippen molar-refractivity contribution in [3.05, 3.63) is 53.2 Å². The van der Waals surface area contributed by atoms with Crippen LogP contribution in [0.1, 0.15) is 29.5 Å². The van der Waals surface area contributed by atoms with Crippen molar-refractivity contribution >= 4 is 22.8 Å². The first kappa shape index (κ1) is 16.7. The molecule has 0 aliphatic carbocycles. The van der Waals surface area contributed by atoms with Gasteiger partial charge in [-0.3, -0.25) is 0 Å². The van der Waals surface area contributed by atoms with Crippen LogP contribution in [-0.2, 0) is 6.42 Å². The predicted octanol–water partition coefficient (Wildman–Crippen LogP) is 3.49. The van der Waals surface area contributed by atoms with Gasteiger partial charge in [-0.25, -0.2) is 0 Å². The second kappa shape index (κ2) is 6.53. The molecule has 2 aliphatic rings. The maximum absolute atomic E-state index is 10.4. The minimum Gasteiger partial charge on any atom is -0.508 e. The predicted molar refractivity (Wildman–Crippen MR) is 103 cm³/mol. The SMILES string of the molecule is CCc1cc(C2=CNC(=S)C2c2cccc3c2OCCO3)c(O)cc1O. The minimum atomic E-state index is -0.262. The molecule has 0 radical (unpaired) electrons. The smallest absolute Gasteiger partial charge is 0.165 e. The number of hydrogen-bond donors (Lipinski definition) is 3. The van der Waals surface area contributed by atoms with Crippen molar-refractivity contribution in [1.29, 1.82) is 0 Å². The molecule has 1 unspecified atom stereocenters. The summed E-state index contributed by atoms with van der Waals surface area (Å²) in [6.07, 6.45) is 2.47. The highest BCUT2D eigenvalue weighted by atomic mass is 32.1. The van der Waals surface area contributed by atoms with Crippen molar-refractivity contribution in [2.75, 3.05) is 13.2 Å². The molecule has 2 aliphatic heterocycles. The summed E-state index contributed by atoms with van der Waals surface area (Å²) >= 11 is 5.54. The second-order valence-electron chi connectivity index (χ2n) is 6.26. The number of benzene rings is 2. The number of ether oxygens (including phenoxy) is 2. The van der Waals surface area contributed by atoms with Crippen molar-refractivity contribution in [3.63, 3.8) is 0 Å². The molecule has 134 valence electrons. The lowest BCUT2D eigenvalue weighted by Crippen LogP contribution is -2.21. The van der Waals surface area contributed by atoms with Gasteiger partial charge in [0.2, 0.25) is 0 Å². The Morgan fingerprint density at radius 1 is 1.15 bits per heavy atom.